The average Bonchev–Trinajstić information content (AvgIpc) is 3.10. The topological polar surface area (TPSA) is 52.6 Å². The molecule has 0 radical (unpaired) electrons. The Morgan fingerprint density at radius 2 is 0.521 bits per heavy atom. The first-order valence-corrected chi connectivity index (χ1v) is 21.1. The van der Waals surface area contributed by atoms with E-state index in [1.807, 2.05) is 0 Å². The van der Waals surface area contributed by atoms with Crippen LogP contribution in [0.15, 0.2) is 24.3 Å². The Morgan fingerprint density at radius 1 is 0.333 bits per heavy atom. The Labute approximate surface area is 298 Å². The Bertz CT molecular complexity index is 764. The van der Waals surface area contributed by atoms with Crippen molar-refractivity contribution in [3.8, 4) is 0 Å². The summed E-state index contributed by atoms with van der Waals surface area (Å²) in [6.07, 6.45) is 42.5. The van der Waals surface area contributed by atoms with E-state index in [0.717, 1.165) is 25.7 Å². The molecule has 0 saturated heterocycles. The second kappa shape index (κ2) is 35.0. The first kappa shape index (κ1) is 44.2. The van der Waals surface area contributed by atoms with Gasteiger partial charge in [0.2, 0.25) is 0 Å². The van der Waals surface area contributed by atoms with E-state index in [9.17, 15) is 9.59 Å². The molecule has 0 amide bonds. The van der Waals surface area contributed by atoms with Crippen molar-refractivity contribution in [2.24, 2.45) is 0 Å². The molecule has 0 aromatic heterocycles. The smallest absolute Gasteiger partial charge is 0.338 e. The number of hydrogen-bond donors (Lipinski definition) is 0. The molecule has 1 rings (SSSR count). The lowest BCUT2D eigenvalue weighted by molar-refractivity contribution is 0.0483. The highest BCUT2D eigenvalue weighted by molar-refractivity contribution is 5.93. The van der Waals surface area contributed by atoms with Gasteiger partial charge >= 0.3 is 11.9 Å². The molecule has 1 aromatic rings. The molecule has 0 fully saturated rings. The van der Waals surface area contributed by atoms with Crippen molar-refractivity contribution in [3.63, 3.8) is 0 Å². The molecule has 0 bridgehead atoms. The van der Waals surface area contributed by atoms with E-state index in [2.05, 4.69) is 13.8 Å². The number of benzene rings is 1. The molecule has 0 aliphatic heterocycles. The van der Waals surface area contributed by atoms with Crippen LogP contribution in [-0.2, 0) is 9.47 Å². The maximum atomic E-state index is 12.4. The highest BCUT2D eigenvalue weighted by Gasteiger charge is 2.11. The number of carbonyl (C=O) groups is 2. The molecular weight excluding hydrogens is 592 g/mol. The van der Waals surface area contributed by atoms with Crippen LogP contribution in [0.2, 0.25) is 0 Å². The van der Waals surface area contributed by atoms with Crippen LogP contribution in [0.25, 0.3) is 0 Å². The van der Waals surface area contributed by atoms with E-state index < -0.39 is 0 Å². The molecule has 0 heterocycles. The fourth-order valence-electron chi connectivity index (χ4n) is 6.54. The maximum absolute atomic E-state index is 12.4. The lowest BCUT2D eigenvalue weighted by Gasteiger charge is -2.07. The molecule has 0 N–H and O–H groups in total. The average molecular weight is 671 g/mol. The van der Waals surface area contributed by atoms with E-state index in [1.165, 1.54) is 180 Å². The van der Waals surface area contributed by atoms with E-state index in [-0.39, 0.29) is 11.9 Å². The van der Waals surface area contributed by atoms with Gasteiger partial charge in [0, 0.05) is 0 Å². The van der Waals surface area contributed by atoms with Crippen LogP contribution < -0.4 is 0 Å². The molecular formula is C44H78O4. The summed E-state index contributed by atoms with van der Waals surface area (Å²) in [5, 5.41) is 0. The van der Waals surface area contributed by atoms with E-state index in [4.69, 9.17) is 9.47 Å². The summed E-state index contributed by atoms with van der Waals surface area (Å²) < 4.78 is 10.9. The molecule has 0 atom stereocenters. The molecule has 4 nitrogen and oxygen atoms in total. The quantitative estimate of drug-likeness (QED) is 0.0526. The van der Waals surface area contributed by atoms with Crippen LogP contribution in [0, 0.1) is 0 Å². The molecule has 4 heteroatoms. The molecule has 0 spiro atoms. The van der Waals surface area contributed by atoms with Crippen molar-refractivity contribution < 1.29 is 19.1 Å². The molecule has 0 aliphatic rings. The van der Waals surface area contributed by atoms with Crippen LogP contribution >= 0.6 is 0 Å². The van der Waals surface area contributed by atoms with Gasteiger partial charge in [-0.2, -0.15) is 0 Å². The van der Waals surface area contributed by atoms with Crippen molar-refractivity contribution in [1.29, 1.82) is 0 Å². The van der Waals surface area contributed by atoms with Crippen LogP contribution in [0.1, 0.15) is 240 Å². The Hall–Kier alpha value is -1.84. The van der Waals surface area contributed by atoms with Gasteiger partial charge in [0.25, 0.3) is 0 Å². The predicted molar refractivity (Wildman–Crippen MR) is 206 cm³/mol. The van der Waals surface area contributed by atoms with Crippen LogP contribution in [-0.4, -0.2) is 25.2 Å². The molecule has 278 valence electrons. The zero-order valence-corrected chi connectivity index (χ0v) is 32.0. The monoisotopic (exact) mass is 671 g/mol. The third-order valence-electron chi connectivity index (χ3n) is 9.82. The Morgan fingerprint density at radius 3 is 0.729 bits per heavy atom. The predicted octanol–water partition coefficient (Wildman–Crippen LogP) is 14.5. The Balaban J connectivity index is 1.91. The van der Waals surface area contributed by atoms with E-state index in [1.54, 1.807) is 24.3 Å². The number of esters is 2. The van der Waals surface area contributed by atoms with Crippen LogP contribution in [0.4, 0.5) is 0 Å². The normalized spacial score (nSPS) is 11.2. The van der Waals surface area contributed by atoms with Crippen molar-refractivity contribution in [1.82, 2.24) is 0 Å². The number of ether oxygens (including phenoxy) is 2. The summed E-state index contributed by atoms with van der Waals surface area (Å²) in [5.74, 6) is -0.631. The first-order valence-electron chi connectivity index (χ1n) is 21.1. The summed E-state index contributed by atoms with van der Waals surface area (Å²) in [4.78, 5) is 24.8. The minimum absolute atomic E-state index is 0.316. The first-order chi connectivity index (χ1) is 23.7. The number of hydrogen-bond acceptors (Lipinski definition) is 4. The number of carbonyl (C=O) groups excluding carboxylic acids is 2. The van der Waals surface area contributed by atoms with Crippen molar-refractivity contribution in [2.75, 3.05) is 13.2 Å². The molecule has 0 aliphatic carbocycles. The summed E-state index contributed by atoms with van der Waals surface area (Å²) in [5.41, 5.74) is 0.974. The third-order valence-corrected chi connectivity index (χ3v) is 9.82. The zero-order chi connectivity index (χ0) is 34.6. The minimum atomic E-state index is -0.316. The van der Waals surface area contributed by atoms with E-state index >= 15 is 0 Å². The molecule has 48 heavy (non-hydrogen) atoms. The molecule has 0 unspecified atom stereocenters. The van der Waals surface area contributed by atoms with Gasteiger partial charge in [-0.05, 0) is 37.1 Å². The van der Waals surface area contributed by atoms with Gasteiger partial charge in [0.1, 0.15) is 0 Å². The van der Waals surface area contributed by atoms with Crippen molar-refractivity contribution in [3.05, 3.63) is 35.4 Å². The fourth-order valence-corrected chi connectivity index (χ4v) is 6.54. The van der Waals surface area contributed by atoms with Gasteiger partial charge < -0.3 is 9.47 Å². The van der Waals surface area contributed by atoms with Crippen molar-refractivity contribution >= 4 is 11.9 Å². The largest absolute Gasteiger partial charge is 0.462 e. The lowest BCUT2D eigenvalue weighted by Crippen LogP contribution is -2.09. The fraction of sp³-hybridized carbons (Fsp3) is 0.818. The van der Waals surface area contributed by atoms with Crippen molar-refractivity contribution in [2.45, 2.75) is 219 Å². The number of rotatable bonds is 36. The second-order valence-electron chi connectivity index (χ2n) is 14.5. The summed E-state index contributed by atoms with van der Waals surface area (Å²) in [6, 6.07) is 6.67. The van der Waals surface area contributed by atoms with Crippen LogP contribution in [0.5, 0.6) is 0 Å². The van der Waals surface area contributed by atoms with Gasteiger partial charge in [-0.3, -0.25) is 0 Å². The summed E-state index contributed by atoms with van der Waals surface area (Å²) >= 11 is 0. The standard InChI is InChI=1S/C44H78O4/c1-3-5-7-9-11-13-15-17-19-21-23-25-27-29-31-33-39-47-43(45)41-35-37-42(38-36-41)44(46)48-40-34-32-30-28-26-24-22-20-18-16-14-12-10-8-6-4-2/h35-38H,3-34,39-40H2,1-2H3. The Kier molecular flexibility index (Phi) is 32.2. The zero-order valence-electron chi connectivity index (χ0n) is 32.0. The summed E-state index contributed by atoms with van der Waals surface area (Å²) in [7, 11) is 0. The summed E-state index contributed by atoms with van der Waals surface area (Å²) in [6.45, 7) is 5.48. The second-order valence-corrected chi connectivity index (χ2v) is 14.5. The highest BCUT2D eigenvalue weighted by Crippen LogP contribution is 2.16. The van der Waals surface area contributed by atoms with Gasteiger partial charge in [-0.25, -0.2) is 9.59 Å². The molecule has 1 aromatic carbocycles. The van der Waals surface area contributed by atoms with E-state index in [0.29, 0.717) is 24.3 Å². The van der Waals surface area contributed by atoms with Crippen LogP contribution in [0.3, 0.4) is 0 Å². The van der Waals surface area contributed by atoms with Gasteiger partial charge in [-0.1, -0.05) is 206 Å². The van der Waals surface area contributed by atoms with Gasteiger partial charge in [-0.15, -0.1) is 0 Å². The maximum Gasteiger partial charge on any atom is 0.338 e. The SMILES string of the molecule is CCCCCCCCCCCCCCCCCCOC(=O)c1ccc(C(=O)OCCCCCCCCCCCCCCCCCC)cc1. The lowest BCUT2D eigenvalue weighted by atomic mass is 10.0. The minimum Gasteiger partial charge on any atom is -0.462 e. The number of unbranched alkanes of at least 4 members (excludes halogenated alkanes) is 30. The third kappa shape index (κ3) is 28.0. The van der Waals surface area contributed by atoms with Gasteiger partial charge in [0.15, 0.2) is 0 Å². The molecule has 0 saturated carbocycles. The van der Waals surface area contributed by atoms with Gasteiger partial charge in [0.05, 0.1) is 24.3 Å². The highest BCUT2D eigenvalue weighted by atomic mass is 16.5.